The first-order valence-corrected chi connectivity index (χ1v) is 6.02. The van der Waals surface area contributed by atoms with Gasteiger partial charge in [-0.15, -0.1) is 0 Å². The molecule has 1 atom stereocenters. The van der Waals surface area contributed by atoms with Gasteiger partial charge in [-0.3, -0.25) is 4.79 Å². The van der Waals surface area contributed by atoms with Crippen LogP contribution < -0.4 is 15.2 Å². The highest BCUT2D eigenvalue weighted by atomic mass is 16.5. The summed E-state index contributed by atoms with van der Waals surface area (Å²) in [6.45, 7) is 4.07. The van der Waals surface area contributed by atoms with Gasteiger partial charge < -0.3 is 15.2 Å². The molecule has 0 saturated heterocycles. The molecule has 1 aromatic rings. The Hall–Kier alpha value is -1.55. The van der Waals surface area contributed by atoms with Crippen LogP contribution >= 0.6 is 0 Å². The van der Waals surface area contributed by atoms with Crippen molar-refractivity contribution in [2.24, 2.45) is 11.7 Å². The Morgan fingerprint density at radius 1 is 1.22 bits per heavy atom. The molecular weight excluding hydrogens is 230 g/mol. The van der Waals surface area contributed by atoms with E-state index in [4.69, 9.17) is 15.2 Å². The van der Waals surface area contributed by atoms with Gasteiger partial charge in [0.25, 0.3) is 0 Å². The van der Waals surface area contributed by atoms with Gasteiger partial charge in [-0.1, -0.05) is 19.9 Å². The first-order chi connectivity index (χ1) is 8.51. The van der Waals surface area contributed by atoms with Crippen molar-refractivity contribution in [2.45, 2.75) is 26.3 Å². The SMILES string of the molecule is COc1cccc(OC)c1C(=O)C(N)CC(C)C. The van der Waals surface area contributed by atoms with Crippen LogP contribution in [0.1, 0.15) is 30.6 Å². The van der Waals surface area contributed by atoms with Crippen LogP contribution in [0.3, 0.4) is 0 Å². The normalized spacial score (nSPS) is 12.3. The quantitative estimate of drug-likeness (QED) is 0.788. The summed E-state index contributed by atoms with van der Waals surface area (Å²) in [6.07, 6.45) is 0.639. The van der Waals surface area contributed by atoms with E-state index in [1.165, 1.54) is 14.2 Å². The van der Waals surface area contributed by atoms with E-state index in [1.54, 1.807) is 18.2 Å². The number of ketones is 1. The third-order valence-electron chi connectivity index (χ3n) is 2.74. The van der Waals surface area contributed by atoms with Gasteiger partial charge in [0.15, 0.2) is 5.78 Å². The molecule has 1 unspecified atom stereocenters. The molecule has 0 amide bonds. The molecule has 1 rings (SSSR count). The molecular formula is C14H21NO3. The highest BCUT2D eigenvalue weighted by molar-refractivity contribution is 6.04. The van der Waals surface area contributed by atoms with Gasteiger partial charge in [0.05, 0.1) is 20.3 Å². The van der Waals surface area contributed by atoms with E-state index < -0.39 is 6.04 Å². The maximum atomic E-state index is 12.4. The summed E-state index contributed by atoms with van der Waals surface area (Å²) in [6, 6.07) is 4.72. The van der Waals surface area contributed by atoms with E-state index in [1.807, 2.05) is 13.8 Å². The number of carbonyl (C=O) groups is 1. The molecule has 0 aliphatic rings. The molecule has 0 fully saturated rings. The molecule has 100 valence electrons. The number of rotatable bonds is 6. The molecule has 0 heterocycles. The Morgan fingerprint density at radius 3 is 2.11 bits per heavy atom. The van der Waals surface area contributed by atoms with Crippen LogP contribution in [0.15, 0.2) is 18.2 Å². The molecule has 0 radical (unpaired) electrons. The molecule has 0 spiro atoms. The lowest BCUT2D eigenvalue weighted by Gasteiger charge is -2.17. The van der Waals surface area contributed by atoms with Gasteiger partial charge in [-0.05, 0) is 24.5 Å². The largest absolute Gasteiger partial charge is 0.496 e. The van der Waals surface area contributed by atoms with Crippen LogP contribution in [0.5, 0.6) is 11.5 Å². The zero-order valence-electron chi connectivity index (χ0n) is 11.4. The van der Waals surface area contributed by atoms with Crippen molar-refractivity contribution in [1.29, 1.82) is 0 Å². The van der Waals surface area contributed by atoms with Crippen molar-refractivity contribution in [3.8, 4) is 11.5 Å². The summed E-state index contributed by atoms with van der Waals surface area (Å²) in [7, 11) is 3.05. The Bertz CT molecular complexity index is 393. The summed E-state index contributed by atoms with van der Waals surface area (Å²) in [5.41, 5.74) is 6.36. The molecule has 4 nitrogen and oxygen atoms in total. The number of benzene rings is 1. The predicted molar refractivity (Wildman–Crippen MR) is 71.3 cm³/mol. The minimum atomic E-state index is -0.532. The molecule has 18 heavy (non-hydrogen) atoms. The van der Waals surface area contributed by atoms with Crippen molar-refractivity contribution in [3.63, 3.8) is 0 Å². The van der Waals surface area contributed by atoms with Gasteiger partial charge in [0.1, 0.15) is 17.1 Å². The zero-order valence-corrected chi connectivity index (χ0v) is 11.4. The number of hydrogen-bond acceptors (Lipinski definition) is 4. The van der Waals surface area contributed by atoms with Crippen LogP contribution in [-0.4, -0.2) is 26.0 Å². The van der Waals surface area contributed by atoms with E-state index in [0.717, 1.165) is 0 Å². The maximum Gasteiger partial charge on any atom is 0.186 e. The number of hydrogen-bond donors (Lipinski definition) is 1. The van der Waals surface area contributed by atoms with Crippen LogP contribution in [0.4, 0.5) is 0 Å². The fraction of sp³-hybridized carbons (Fsp3) is 0.500. The van der Waals surface area contributed by atoms with Crippen LogP contribution in [0.2, 0.25) is 0 Å². The number of carbonyl (C=O) groups excluding carboxylic acids is 1. The number of ether oxygens (including phenoxy) is 2. The molecule has 1 aromatic carbocycles. The summed E-state index contributed by atoms with van der Waals surface area (Å²) < 4.78 is 10.4. The van der Waals surface area contributed by atoms with Crippen molar-refractivity contribution in [2.75, 3.05) is 14.2 Å². The fourth-order valence-corrected chi connectivity index (χ4v) is 1.89. The predicted octanol–water partition coefficient (Wildman–Crippen LogP) is 2.26. The summed E-state index contributed by atoms with van der Waals surface area (Å²) in [5, 5.41) is 0. The Balaban J connectivity index is 3.10. The van der Waals surface area contributed by atoms with Crippen molar-refractivity contribution >= 4 is 5.78 Å². The topological polar surface area (TPSA) is 61.5 Å². The first kappa shape index (κ1) is 14.5. The van der Waals surface area contributed by atoms with Crippen molar-refractivity contribution in [3.05, 3.63) is 23.8 Å². The summed E-state index contributed by atoms with van der Waals surface area (Å²) in [4.78, 5) is 12.4. The maximum absolute atomic E-state index is 12.4. The summed E-state index contributed by atoms with van der Waals surface area (Å²) in [5.74, 6) is 1.22. The second-order valence-electron chi connectivity index (χ2n) is 4.64. The lowest BCUT2D eigenvalue weighted by atomic mass is 9.95. The molecule has 2 N–H and O–H groups in total. The highest BCUT2D eigenvalue weighted by Crippen LogP contribution is 2.29. The third kappa shape index (κ3) is 3.23. The number of methoxy groups -OCH3 is 2. The Labute approximate surface area is 108 Å². The molecule has 0 aromatic heterocycles. The van der Waals surface area contributed by atoms with E-state index in [9.17, 15) is 4.79 Å². The average Bonchev–Trinajstić information content (AvgIpc) is 2.35. The smallest absolute Gasteiger partial charge is 0.186 e. The lowest BCUT2D eigenvalue weighted by Crippen LogP contribution is -2.32. The minimum Gasteiger partial charge on any atom is -0.496 e. The van der Waals surface area contributed by atoms with Gasteiger partial charge in [-0.25, -0.2) is 0 Å². The van der Waals surface area contributed by atoms with Crippen LogP contribution in [0, 0.1) is 5.92 Å². The second kappa shape index (κ2) is 6.40. The fourth-order valence-electron chi connectivity index (χ4n) is 1.89. The highest BCUT2D eigenvalue weighted by Gasteiger charge is 2.24. The van der Waals surface area contributed by atoms with Crippen molar-refractivity contribution < 1.29 is 14.3 Å². The van der Waals surface area contributed by atoms with E-state index >= 15 is 0 Å². The first-order valence-electron chi connectivity index (χ1n) is 6.02. The molecule has 0 saturated carbocycles. The van der Waals surface area contributed by atoms with E-state index in [-0.39, 0.29) is 5.78 Å². The Morgan fingerprint density at radius 2 is 1.72 bits per heavy atom. The van der Waals surface area contributed by atoms with Crippen LogP contribution in [0.25, 0.3) is 0 Å². The van der Waals surface area contributed by atoms with Crippen molar-refractivity contribution in [1.82, 2.24) is 0 Å². The Kier molecular flexibility index (Phi) is 5.16. The standard InChI is InChI=1S/C14H21NO3/c1-9(2)8-10(15)14(16)13-11(17-3)6-5-7-12(13)18-4/h5-7,9-10H,8,15H2,1-4H3. The molecule has 0 bridgehead atoms. The second-order valence-corrected chi connectivity index (χ2v) is 4.64. The summed E-state index contributed by atoms with van der Waals surface area (Å²) >= 11 is 0. The van der Waals surface area contributed by atoms with Gasteiger partial charge in [0.2, 0.25) is 0 Å². The number of Topliss-reactive ketones (excluding diaryl/α,β-unsaturated/α-hetero) is 1. The van der Waals surface area contributed by atoms with Gasteiger partial charge in [0, 0.05) is 0 Å². The minimum absolute atomic E-state index is 0.141. The third-order valence-corrected chi connectivity index (χ3v) is 2.74. The molecule has 4 heteroatoms. The van der Waals surface area contributed by atoms with E-state index in [0.29, 0.717) is 29.4 Å². The monoisotopic (exact) mass is 251 g/mol. The molecule has 0 aliphatic heterocycles. The van der Waals surface area contributed by atoms with Crippen LogP contribution in [-0.2, 0) is 0 Å². The van der Waals surface area contributed by atoms with E-state index in [2.05, 4.69) is 0 Å². The van der Waals surface area contributed by atoms with Gasteiger partial charge in [-0.2, -0.15) is 0 Å². The molecule has 0 aliphatic carbocycles. The zero-order chi connectivity index (χ0) is 13.7. The average molecular weight is 251 g/mol. The number of nitrogens with two attached hydrogens (primary N) is 1. The van der Waals surface area contributed by atoms with Gasteiger partial charge >= 0.3 is 0 Å². The lowest BCUT2D eigenvalue weighted by molar-refractivity contribution is 0.0945.